The molecule has 2 N–H and O–H groups in total. The largest absolute Gasteiger partial charge is 0.361 e. The molecule has 1 aromatic heterocycles. The van der Waals surface area contributed by atoms with Crippen molar-refractivity contribution in [2.45, 2.75) is 6.42 Å². The lowest BCUT2D eigenvalue weighted by Gasteiger charge is -2.05. The topological polar surface area (TPSA) is 79.0 Å². The van der Waals surface area contributed by atoms with Crippen molar-refractivity contribution in [3.05, 3.63) is 36.0 Å². The first kappa shape index (κ1) is 13.6. The molecule has 0 fully saturated rings. The highest BCUT2D eigenvalue weighted by molar-refractivity contribution is 7.90. The van der Waals surface area contributed by atoms with Crippen LogP contribution in [0.1, 0.15) is 16.8 Å². The zero-order chi connectivity index (χ0) is 13.9. The fourth-order valence-electron chi connectivity index (χ4n) is 1.91. The van der Waals surface area contributed by atoms with E-state index in [1.54, 1.807) is 12.3 Å². The molecule has 1 heterocycles. The van der Waals surface area contributed by atoms with Gasteiger partial charge in [-0.05, 0) is 18.6 Å². The molecule has 2 aromatic rings. The predicted molar refractivity (Wildman–Crippen MR) is 75.0 cm³/mol. The molecule has 19 heavy (non-hydrogen) atoms. The van der Waals surface area contributed by atoms with Crippen LogP contribution in [0.5, 0.6) is 0 Å². The third-order valence-corrected chi connectivity index (χ3v) is 3.84. The van der Waals surface area contributed by atoms with E-state index in [-0.39, 0.29) is 11.7 Å². The molecule has 2 rings (SSSR count). The van der Waals surface area contributed by atoms with E-state index in [0.29, 0.717) is 18.5 Å². The highest BCUT2D eigenvalue weighted by atomic mass is 32.2. The molecule has 1 aromatic carbocycles. The van der Waals surface area contributed by atoms with Crippen molar-refractivity contribution in [1.82, 2.24) is 10.3 Å². The number of hydrogen-bond donors (Lipinski definition) is 2. The summed E-state index contributed by atoms with van der Waals surface area (Å²) in [5.41, 5.74) is 1.37. The van der Waals surface area contributed by atoms with Gasteiger partial charge in [-0.25, -0.2) is 8.42 Å². The summed E-state index contributed by atoms with van der Waals surface area (Å²) in [6.07, 6.45) is 3.39. The smallest absolute Gasteiger partial charge is 0.253 e. The predicted octanol–water partition coefficient (Wildman–Crippen LogP) is 1.33. The van der Waals surface area contributed by atoms with Crippen molar-refractivity contribution in [3.63, 3.8) is 0 Å². The molecule has 0 aliphatic carbocycles. The number of fused-ring (bicyclic) bond motifs is 1. The molecule has 6 heteroatoms. The third kappa shape index (κ3) is 3.57. The van der Waals surface area contributed by atoms with Crippen LogP contribution in [-0.2, 0) is 9.84 Å². The van der Waals surface area contributed by atoms with Crippen molar-refractivity contribution in [2.24, 2.45) is 0 Å². The summed E-state index contributed by atoms with van der Waals surface area (Å²) in [5.74, 6) is -0.110. The van der Waals surface area contributed by atoms with Gasteiger partial charge in [0.15, 0.2) is 0 Å². The lowest BCUT2D eigenvalue weighted by Crippen LogP contribution is -2.26. The number of amides is 1. The van der Waals surface area contributed by atoms with Crippen molar-refractivity contribution in [2.75, 3.05) is 18.6 Å². The summed E-state index contributed by atoms with van der Waals surface area (Å²) in [4.78, 5) is 15.0. The highest BCUT2D eigenvalue weighted by Crippen LogP contribution is 2.16. The normalized spacial score (nSPS) is 11.6. The molecule has 102 valence electrons. The van der Waals surface area contributed by atoms with E-state index in [4.69, 9.17) is 0 Å². The number of hydrogen-bond acceptors (Lipinski definition) is 3. The van der Waals surface area contributed by atoms with Crippen LogP contribution in [0, 0.1) is 0 Å². The molecular formula is C13H16N2O3S. The fourth-order valence-corrected chi connectivity index (χ4v) is 2.57. The summed E-state index contributed by atoms with van der Waals surface area (Å²) >= 11 is 0. The van der Waals surface area contributed by atoms with Gasteiger partial charge in [-0.3, -0.25) is 4.79 Å². The highest BCUT2D eigenvalue weighted by Gasteiger charge is 2.10. The van der Waals surface area contributed by atoms with E-state index in [1.807, 2.05) is 18.2 Å². The molecule has 5 nitrogen and oxygen atoms in total. The van der Waals surface area contributed by atoms with E-state index < -0.39 is 9.84 Å². The Morgan fingerprint density at radius 2 is 2.11 bits per heavy atom. The summed E-state index contributed by atoms with van der Waals surface area (Å²) in [6, 6.07) is 7.38. The van der Waals surface area contributed by atoms with Gasteiger partial charge in [0.2, 0.25) is 0 Å². The van der Waals surface area contributed by atoms with Gasteiger partial charge in [0.05, 0.1) is 16.8 Å². The first-order chi connectivity index (χ1) is 8.97. The number of benzene rings is 1. The zero-order valence-corrected chi connectivity index (χ0v) is 11.5. The molecule has 0 atom stereocenters. The number of rotatable bonds is 5. The second-order valence-corrected chi connectivity index (χ2v) is 6.75. The Hall–Kier alpha value is -1.82. The van der Waals surface area contributed by atoms with Gasteiger partial charge in [-0.1, -0.05) is 12.1 Å². The number of nitrogens with one attached hydrogen (secondary N) is 2. The molecule has 0 spiro atoms. The first-order valence-electron chi connectivity index (χ1n) is 5.99. The molecule has 0 saturated carbocycles. The summed E-state index contributed by atoms with van der Waals surface area (Å²) in [5, 5.41) is 3.71. The molecule has 0 unspecified atom stereocenters. The standard InChI is InChI=1S/C13H16N2O3S/c1-19(17,18)9-3-7-15-13(16)11-5-2-4-10-6-8-14-12(10)11/h2,4-6,8,14H,3,7,9H2,1H3,(H,15,16). The lowest BCUT2D eigenvalue weighted by molar-refractivity contribution is 0.0955. The van der Waals surface area contributed by atoms with Gasteiger partial charge in [0.1, 0.15) is 9.84 Å². The van der Waals surface area contributed by atoms with Crippen LogP contribution in [0.15, 0.2) is 30.5 Å². The Labute approximate surface area is 111 Å². The van der Waals surface area contributed by atoms with Gasteiger partial charge >= 0.3 is 0 Å². The maximum Gasteiger partial charge on any atom is 0.253 e. The van der Waals surface area contributed by atoms with Gasteiger partial charge in [0, 0.05) is 24.4 Å². The molecule has 0 radical (unpaired) electrons. The molecule has 0 aliphatic rings. The van der Waals surface area contributed by atoms with Crippen molar-refractivity contribution in [1.29, 1.82) is 0 Å². The van der Waals surface area contributed by atoms with Crippen molar-refractivity contribution in [3.8, 4) is 0 Å². The zero-order valence-electron chi connectivity index (χ0n) is 10.6. The Morgan fingerprint density at radius 3 is 2.84 bits per heavy atom. The SMILES string of the molecule is CS(=O)(=O)CCCNC(=O)c1cccc2cc[nH]c12. The van der Waals surface area contributed by atoms with E-state index in [2.05, 4.69) is 10.3 Å². The van der Waals surface area contributed by atoms with E-state index in [0.717, 1.165) is 10.9 Å². The Balaban J connectivity index is 1.99. The van der Waals surface area contributed by atoms with E-state index in [9.17, 15) is 13.2 Å². The lowest BCUT2D eigenvalue weighted by atomic mass is 10.1. The molecule has 0 saturated heterocycles. The fraction of sp³-hybridized carbons (Fsp3) is 0.308. The molecule has 0 aliphatic heterocycles. The quantitative estimate of drug-likeness (QED) is 0.811. The van der Waals surface area contributed by atoms with Crippen molar-refractivity contribution >= 4 is 26.6 Å². The van der Waals surface area contributed by atoms with Crippen LogP contribution < -0.4 is 5.32 Å². The van der Waals surface area contributed by atoms with Crippen LogP contribution in [0.4, 0.5) is 0 Å². The average molecular weight is 280 g/mol. The minimum Gasteiger partial charge on any atom is -0.361 e. The monoisotopic (exact) mass is 280 g/mol. The van der Waals surface area contributed by atoms with Crippen LogP contribution in [0.25, 0.3) is 10.9 Å². The van der Waals surface area contributed by atoms with Crippen LogP contribution in [0.3, 0.4) is 0 Å². The van der Waals surface area contributed by atoms with Crippen LogP contribution in [-0.4, -0.2) is 37.9 Å². The minimum absolute atomic E-state index is 0.0833. The summed E-state index contributed by atoms with van der Waals surface area (Å²) in [7, 11) is -2.97. The number of sulfone groups is 1. The number of carbonyl (C=O) groups excluding carboxylic acids is 1. The first-order valence-corrected chi connectivity index (χ1v) is 8.05. The van der Waals surface area contributed by atoms with Gasteiger partial charge in [-0.15, -0.1) is 0 Å². The van der Waals surface area contributed by atoms with Crippen molar-refractivity contribution < 1.29 is 13.2 Å². The van der Waals surface area contributed by atoms with Gasteiger partial charge < -0.3 is 10.3 Å². The average Bonchev–Trinajstić information content (AvgIpc) is 2.81. The number of aromatic nitrogens is 1. The molecular weight excluding hydrogens is 264 g/mol. The minimum atomic E-state index is -2.97. The summed E-state index contributed by atoms with van der Waals surface area (Å²) < 4.78 is 21.9. The maximum atomic E-state index is 12.0. The van der Waals surface area contributed by atoms with E-state index in [1.165, 1.54) is 6.26 Å². The maximum absolute atomic E-state index is 12.0. The summed E-state index contributed by atoms with van der Waals surface area (Å²) in [6.45, 7) is 0.350. The van der Waals surface area contributed by atoms with Crippen LogP contribution in [0.2, 0.25) is 0 Å². The third-order valence-electron chi connectivity index (χ3n) is 2.81. The molecule has 1 amide bonds. The number of H-pyrrole nitrogens is 1. The van der Waals surface area contributed by atoms with Gasteiger partial charge in [-0.2, -0.15) is 0 Å². The number of para-hydroxylation sites is 1. The Bertz CT molecular complexity index is 689. The molecule has 0 bridgehead atoms. The second kappa shape index (κ2) is 5.44. The number of carbonyl (C=O) groups is 1. The number of aromatic amines is 1. The van der Waals surface area contributed by atoms with Gasteiger partial charge in [0.25, 0.3) is 5.91 Å². The van der Waals surface area contributed by atoms with E-state index >= 15 is 0 Å². The Kier molecular flexibility index (Phi) is 3.90. The Morgan fingerprint density at radius 1 is 1.32 bits per heavy atom. The second-order valence-electron chi connectivity index (χ2n) is 4.49. The van der Waals surface area contributed by atoms with Crippen LogP contribution >= 0.6 is 0 Å².